The molecule has 44 heavy (non-hydrogen) atoms. The number of ether oxygens (including phenoxy) is 2. The lowest BCUT2D eigenvalue weighted by atomic mass is 10.1. The molecule has 0 aliphatic rings. The highest BCUT2D eigenvalue weighted by molar-refractivity contribution is 7.47. The standard InChI is InChI=1S/C32H60NO10P/c1-3-5-7-9-11-12-13-14-15-16-17-18-20-22-24-31(35)43-28(25-40-30(34)23-21-19-10-8-6-4-2)26-41-44(38,39)42-27-29(33)32(36)37/h13-14,28-29H,3-12,15-27,33H2,1-2H3,(H,36,37)(H,38,39)/b14-13-. The van der Waals surface area contributed by atoms with E-state index in [9.17, 15) is 23.8 Å². The van der Waals surface area contributed by atoms with E-state index in [-0.39, 0.29) is 19.4 Å². The molecule has 0 amide bonds. The molecule has 0 aliphatic heterocycles. The van der Waals surface area contributed by atoms with Crippen molar-refractivity contribution in [2.45, 2.75) is 154 Å². The first-order valence-corrected chi connectivity index (χ1v) is 18.2. The Bertz CT molecular complexity index is 823. The molecule has 0 saturated heterocycles. The van der Waals surface area contributed by atoms with E-state index in [1.165, 1.54) is 32.1 Å². The number of carbonyl (C=O) groups is 3. The monoisotopic (exact) mass is 649 g/mol. The van der Waals surface area contributed by atoms with Crippen LogP contribution in [-0.4, -0.2) is 59.9 Å². The van der Waals surface area contributed by atoms with Gasteiger partial charge in [0.15, 0.2) is 6.10 Å². The highest BCUT2D eigenvalue weighted by Crippen LogP contribution is 2.43. The Morgan fingerprint density at radius 2 is 1.14 bits per heavy atom. The van der Waals surface area contributed by atoms with Crippen LogP contribution in [0.15, 0.2) is 12.2 Å². The summed E-state index contributed by atoms with van der Waals surface area (Å²) in [7, 11) is -4.69. The topological polar surface area (TPSA) is 172 Å². The Kier molecular flexibility index (Phi) is 27.5. The Balaban J connectivity index is 4.46. The molecule has 0 fully saturated rings. The van der Waals surface area contributed by atoms with Crippen molar-refractivity contribution in [1.82, 2.24) is 0 Å². The van der Waals surface area contributed by atoms with E-state index in [0.717, 1.165) is 70.6 Å². The smallest absolute Gasteiger partial charge is 0.472 e. The minimum absolute atomic E-state index is 0.154. The predicted octanol–water partition coefficient (Wildman–Crippen LogP) is 7.38. The summed E-state index contributed by atoms with van der Waals surface area (Å²) in [5.41, 5.74) is 5.28. The maximum atomic E-state index is 12.5. The second-order valence-corrected chi connectivity index (χ2v) is 12.8. The molecule has 3 atom stereocenters. The number of carboxylic acid groups (broad SMARTS) is 1. The number of rotatable bonds is 31. The number of carbonyl (C=O) groups excluding carboxylic acids is 2. The fourth-order valence-corrected chi connectivity index (χ4v) is 5.07. The largest absolute Gasteiger partial charge is 0.480 e. The van der Waals surface area contributed by atoms with Crippen LogP contribution in [0.2, 0.25) is 0 Å². The molecule has 12 heteroatoms. The van der Waals surface area contributed by atoms with Crippen molar-refractivity contribution in [2.24, 2.45) is 5.73 Å². The highest BCUT2D eigenvalue weighted by atomic mass is 31.2. The third-order valence-corrected chi connectivity index (χ3v) is 7.96. The summed E-state index contributed by atoms with van der Waals surface area (Å²) in [6.45, 7) is 2.67. The molecule has 258 valence electrons. The fraction of sp³-hybridized carbons (Fsp3) is 0.844. The van der Waals surface area contributed by atoms with Crippen molar-refractivity contribution in [1.29, 1.82) is 0 Å². The van der Waals surface area contributed by atoms with Gasteiger partial charge in [0.2, 0.25) is 0 Å². The van der Waals surface area contributed by atoms with Crippen LogP contribution in [0.25, 0.3) is 0 Å². The lowest BCUT2D eigenvalue weighted by Crippen LogP contribution is -2.34. The number of hydrogen-bond acceptors (Lipinski definition) is 9. The van der Waals surface area contributed by atoms with Gasteiger partial charge >= 0.3 is 25.7 Å². The Labute approximate surface area is 265 Å². The minimum Gasteiger partial charge on any atom is -0.480 e. The number of aliphatic carboxylic acids is 1. The second kappa shape index (κ2) is 28.7. The summed E-state index contributed by atoms with van der Waals surface area (Å²) in [5, 5.41) is 8.81. The Morgan fingerprint density at radius 3 is 1.66 bits per heavy atom. The molecule has 0 radical (unpaired) electrons. The van der Waals surface area contributed by atoms with Crippen LogP contribution < -0.4 is 5.73 Å². The molecule has 0 bridgehead atoms. The third kappa shape index (κ3) is 27.7. The molecule has 0 aromatic carbocycles. The van der Waals surface area contributed by atoms with Gasteiger partial charge < -0.3 is 25.2 Å². The van der Waals surface area contributed by atoms with Gasteiger partial charge in [0.25, 0.3) is 0 Å². The van der Waals surface area contributed by atoms with E-state index in [0.29, 0.717) is 12.8 Å². The lowest BCUT2D eigenvalue weighted by Gasteiger charge is -2.20. The van der Waals surface area contributed by atoms with Crippen LogP contribution in [0.4, 0.5) is 0 Å². The van der Waals surface area contributed by atoms with Gasteiger partial charge in [0.1, 0.15) is 12.6 Å². The molecule has 3 unspecified atom stereocenters. The number of phosphoric ester groups is 1. The van der Waals surface area contributed by atoms with Crippen molar-refractivity contribution in [3.63, 3.8) is 0 Å². The zero-order valence-electron chi connectivity index (χ0n) is 27.3. The summed E-state index contributed by atoms with van der Waals surface area (Å²) in [6, 6.07) is -1.52. The second-order valence-electron chi connectivity index (χ2n) is 11.3. The average molecular weight is 650 g/mol. The molecule has 0 aliphatic carbocycles. The number of hydrogen-bond donors (Lipinski definition) is 3. The summed E-state index contributed by atoms with van der Waals surface area (Å²) < 4.78 is 32.3. The van der Waals surface area contributed by atoms with E-state index in [2.05, 4.69) is 30.5 Å². The van der Waals surface area contributed by atoms with Gasteiger partial charge in [-0.3, -0.25) is 23.4 Å². The maximum Gasteiger partial charge on any atom is 0.472 e. The molecule has 0 aromatic heterocycles. The summed E-state index contributed by atoms with van der Waals surface area (Å²) in [6.07, 6.45) is 23.2. The van der Waals surface area contributed by atoms with Gasteiger partial charge in [-0.25, -0.2) is 4.57 Å². The van der Waals surface area contributed by atoms with E-state index < -0.39 is 51.1 Å². The van der Waals surface area contributed by atoms with Crippen LogP contribution in [0, 0.1) is 0 Å². The van der Waals surface area contributed by atoms with Crippen LogP contribution in [0.1, 0.15) is 142 Å². The number of phosphoric acid groups is 1. The minimum atomic E-state index is -4.69. The number of carboxylic acids is 1. The maximum absolute atomic E-state index is 12.5. The van der Waals surface area contributed by atoms with E-state index >= 15 is 0 Å². The van der Waals surface area contributed by atoms with Gasteiger partial charge in [-0.1, -0.05) is 103 Å². The Morgan fingerprint density at radius 1 is 0.682 bits per heavy atom. The fourth-order valence-electron chi connectivity index (χ4n) is 4.29. The van der Waals surface area contributed by atoms with Gasteiger partial charge in [-0.05, 0) is 38.5 Å². The first-order valence-electron chi connectivity index (χ1n) is 16.7. The van der Waals surface area contributed by atoms with E-state index in [1.54, 1.807) is 0 Å². The van der Waals surface area contributed by atoms with Crippen LogP contribution in [0.5, 0.6) is 0 Å². The molecule has 0 saturated carbocycles. The zero-order valence-corrected chi connectivity index (χ0v) is 28.2. The molecule has 0 spiro atoms. The first kappa shape index (κ1) is 42.2. The molecule has 11 nitrogen and oxygen atoms in total. The SMILES string of the molecule is CCCCCCC/C=C\CCCCCCCC(=O)OC(COC(=O)CCCCCCCC)COP(=O)(O)OCC(N)C(=O)O. The average Bonchev–Trinajstić information content (AvgIpc) is 2.99. The molecule has 0 heterocycles. The highest BCUT2D eigenvalue weighted by Gasteiger charge is 2.28. The van der Waals surface area contributed by atoms with E-state index in [4.69, 9.17) is 24.8 Å². The van der Waals surface area contributed by atoms with Crippen LogP contribution in [0.3, 0.4) is 0 Å². The number of nitrogens with two attached hydrogens (primary N) is 1. The Hall–Kier alpha value is -1.78. The van der Waals surface area contributed by atoms with Gasteiger partial charge in [0, 0.05) is 12.8 Å². The number of unbranched alkanes of at least 4 members (excludes halogenated alkanes) is 15. The lowest BCUT2D eigenvalue weighted by molar-refractivity contribution is -0.161. The predicted molar refractivity (Wildman–Crippen MR) is 171 cm³/mol. The molecule has 0 aromatic rings. The summed E-state index contributed by atoms with van der Waals surface area (Å²) >= 11 is 0. The zero-order chi connectivity index (χ0) is 32.9. The molecule has 0 rings (SSSR count). The summed E-state index contributed by atoms with van der Waals surface area (Å²) in [5.74, 6) is -2.40. The van der Waals surface area contributed by atoms with Gasteiger partial charge in [-0.2, -0.15) is 0 Å². The van der Waals surface area contributed by atoms with Crippen LogP contribution >= 0.6 is 7.82 Å². The number of esters is 2. The van der Waals surface area contributed by atoms with Crippen molar-refractivity contribution in [3.8, 4) is 0 Å². The van der Waals surface area contributed by atoms with Crippen molar-refractivity contribution >= 4 is 25.7 Å². The first-order chi connectivity index (χ1) is 21.1. The van der Waals surface area contributed by atoms with Crippen molar-refractivity contribution in [2.75, 3.05) is 19.8 Å². The third-order valence-electron chi connectivity index (χ3n) is 7.01. The van der Waals surface area contributed by atoms with Crippen molar-refractivity contribution < 1.29 is 47.5 Å². The van der Waals surface area contributed by atoms with Crippen LogP contribution in [-0.2, 0) is 37.5 Å². The number of allylic oxidation sites excluding steroid dienone is 2. The molecular weight excluding hydrogens is 589 g/mol. The summed E-state index contributed by atoms with van der Waals surface area (Å²) in [4.78, 5) is 45.3. The molecular formula is C32H60NO10P. The van der Waals surface area contributed by atoms with Gasteiger partial charge in [-0.15, -0.1) is 0 Å². The van der Waals surface area contributed by atoms with E-state index in [1.807, 2.05) is 0 Å². The molecule has 4 N–H and O–H groups in total. The van der Waals surface area contributed by atoms with Gasteiger partial charge in [0.05, 0.1) is 13.2 Å². The van der Waals surface area contributed by atoms with Crippen molar-refractivity contribution in [3.05, 3.63) is 12.2 Å². The normalized spacial score (nSPS) is 14.3. The quantitative estimate of drug-likeness (QED) is 0.0296.